The van der Waals surface area contributed by atoms with E-state index in [1.807, 2.05) is 18.2 Å². The summed E-state index contributed by atoms with van der Waals surface area (Å²) in [6.45, 7) is 0.519. The first-order valence-electron chi connectivity index (χ1n) is 5.57. The molecule has 2 rings (SSSR count). The van der Waals surface area contributed by atoms with E-state index in [0.717, 1.165) is 5.69 Å². The number of carbonyl (C=O) groups is 1. The summed E-state index contributed by atoms with van der Waals surface area (Å²) in [6, 6.07) is 10.2. The average Bonchev–Trinajstić information content (AvgIpc) is 2.39. The largest absolute Gasteiger partial charge is 0.368 e. The maximum atomic E-state index is 13.5. The van der Waals surface area contributed by atoms with Crippen LogP contribution in [-0.4, -0.2) is 18.3 Å². The molecular formula is C14H13FN2O. The molecule has 92 valence electrons. The molecule has 0 radical (unpaired) electrons. The summed E-state index contributed by atoms with van der Waals surface area (Å²) in [5, 5.41) is 0. The molecule has 2 aromatic rings. The summed E-state index contributed by atoms with van der Waals surface area (Å²) in [4.78, 5) is 16.9. The van der Waals surface area contributed by atoms with Crippen molar-refractivity contribution in [3.05, 3.63) is 59.7 Å². The number of hydrogen-bond donors (Lipinski definition) is 0. The van der Waals surface area contributed by atoms with E-state index in [0.29, 0.717) is 18.5 Å². The monoisotopic (exact) mass is 244 g/mol. The quantitative estimate of drug-likeness (QED) is 0.775. The zero-order chi connectivity index (χ0) is 13.0. The highest BCUT2D eigenvalue weighted by molar-refractivity contribution is 5.84. The maximum absolute atomic E-state index is 13.5. The van der Waals surface area contributed by atoms with E-state index in [2.05, 4.69) is 4.98 Å². The summed E-state index contributed by atoms with van der Waals surface area (Å²) in [5.41, 5.74) is 1.51. The Morgan fingerprint density at radius 3 is 2.78 bits per heavy atom. The van der Waals surface area contributed by atoms with Crippen molar-refractivity contribution in [1.82, 2.24) is 4.98 Å². The standard InChI is InChI=1S/C14H13FN2O/c1-17(9-11-5-2-3-8-16-11)14-7-4-6-13(15)12(14)10-18/h2-8,10H,9H2,1H3. The molecule has 0 bridgehead atoms. The van der Waals surface area contributed by atoms with Crippen molar-refractivity contribution < 1.29 is 9.18 Å². The van der Waals surface area contributed by atoms with Crippen LogP contribution in [0.2, 0.25) is 0 Å². The van der Waals surface area contributed by atoms with Crippen molar-refractivity contribution in [2.45, 2.75) is 6.54 Å². The normalized spacial score (nSPS) is 10.1. The van der Waals surface area contributed by atoms with Crippen molar-refractivity contribution in [3.63, 3.8) is 0 Å². The number of carbonyl (C=O) groups excluding carboxylic acids is 1. The average molecular weight is 244 g/mol. The zero-order valence-electron chi connectivity index (χ0n) is 10.0. The third-order valence-corrected chi connectivity index (χ3v) is 2.68. The summed E-state index contributed by atoms with van der Waals surface area (Å²) in [7, 11) is 1.80. The second-order valence-electron chi connectivity index (χ2n) is 3.97. The smallest absolute Gasteiger partial charge is 0.155 e. The molecule has 0 saturated carbocycles. The van der Waals surface area contributed by atoms with Gasteiger partial charge in [-0.25, -0.2) is 4.39 Å². The molecule has 0 aliphatic heterocycles. The fraction of sp³-hybridized carbons (Fsp3) is 0.143. The van der Waals surface area contributed by atoms with Crippen LogP contribution in [0.4, 0.5) is 10.1 Å². The highest BCUT2D eigenvalue weighted by atomic mass is 19.1. The Morgan fingerprint density at radius 2 is 2.11 bits per heavy atom. The van der Waals surface area contributed by atoms with Crippen molar-refractivity contribution in [1.29, 1.82) is 0 Å². The predicted molar refractivity (Wildman–Crippen MR) is 68.1 cm³/mol. The Balaban J connectivity index is 2.26. The van der Waals surface area contributed by atoms with Crippen LogP contribution >= 0.6 is 0 Å². The van der Waals surface area contributed by atoms with E-state index in [4.69, 9.17) is 0 Å². The number of benzene rings is 1. The Morgan fingerprint density at radius 1 is 1.28 bits per heavy atom. The zero-order valence-corrected chi connectivity index (χ0v) is 10.0. The Labute approximate surface area is 105 Å². The molecule has 0 spiro atoms. The predicted octanol–water partition coefficient (Wildman–Crippen LogP) is 2.67. The highest BCUT2D eigenvalue weighted by Gasteiger charge is 2.11. The Kier molecular flexibility index (Phi) is 3.67. The van der Waals surface area contributed by atoms with Crippen molar-refractivity contribution in [2.24, 2.45) is 0 Å². The summed E-state index contributed by atoms with van der Waals surface area (Å²) in [6.07, 6.45) is 2.25. The Hall–Kier alpha value is -2.23. The van der Waals surface area contributed by atoms with E-state index < -0.39 is 5.82 Å². The van der Waals surface area contributed by atoms with Crippen LogP contribution in [0, 0.1) is 5.82 Å². The molecule has 0 unspecified atom stereocenters. The van der Waals surface area contributed by atoms with Gasteiger partial charge in [-0.05, 0) is 24.3 Å². The van der Waals surface area contributed by atoms with Gasteiger partial charge < -0.3 is 4.90 Å². The molecule has 0 N–H and O–H groups in total. The van der Waals surface area contributed by atoms with Crippen LogP contribution in [0.15, 0.2) is 42.6 Å². The fourth-order valence-corrected chi connectivity index (χ4v) is 1.79. The number of hydrogen-bond acceptors (Lipinski definition) is 3. The van der Waals surface area contributed by atoms with E-state index in [1.165, 1.54) is 6.07 Å². The first-order valence-corrected chi connectivity index (χ1v) is 5.57. The molecule has 0 atom stereocenters. The molecule has 0 fully saturated rings. The van der Waals surface area contributed by atoms with Crippen LogP contribution < -0.4 is 4.90 Å². The number of pyridine rings is 1. The molecular weight excluding hydrogens is 231 g/mol. The molecule has 0 aliphatic carbocycles. The first kappa shape index (κ1) is 12.2. The van der Waals surface area contributed by atoms with Gasteiger partial charge in [-0.3, -0.25) is 9.78 Å². The SMILES string of the molecule is CN(Cc1ccccn1)c1cccc(F)c1C=O. The molecule has 1 aromatic carbocycles. The number of nitrogens with zero attached hydrogens (tertiary/aromatic N) is 2. The lowest BCUT2D eigenvalue weighted by Gasteiger charge is -2.20. The third-order valence-electron chi connectivity index (χ3n) is 2.68. The minimum Gasteiger partial charge on any atom is -0.368 e. The van der Waals surface area contributed by atoms with Gasteiger partial charge in [0.25, 0.3) is 0 Å². The third kappa shape index (κ3) is 2.53. The maximum Gasteiger partial charge on any atom is 0.155 e. The molecule has 0 aliphatic rings. The van der Waals surface area contributed by atoms with E-state index >= 15 is 0 Å². The van der Waals surface area contributed by atoms with Gasteiger partial charge in [0.2, 0.25) is 0 Å². The lowest BCUT2D eigenvalue weighted by molar-refractivity contribution is 0.112. The number of aromatic nitrogens is 1. The molecule has 18 heavy (non-hydrogen) atoms. The van der Waals surface area contributed by atoms with Crippen LogP contribution in [0.25, 0.3) is 0 Å². The summed E-state index contributed by atoms with van der Waals surface area (Å²) < 4.78 is 13.5. The number of aldehydes is 1. The van der Waals surface area contributed by atoms with Crippen molar-refractivity contribution in [2.75, 3.05) is 11.9 Å². The molecule has 0 amide bonds. The number of halogens is 1. The van der Waals surface area contributed by atoms with Gasteiger partial charge >= 0.3 is 0 Å². The molecule has 3 nitrogen and oxygen atoms in total. The summed E-state index contributed by atoms with van der Waals surface area (Å²) >= 11 is 0. The van der Waals surface area contributed by atoms with Gasteiger partial charge in [-0.2, -0.15) is 0 Å². The second kappa shape index (κ2) is 5.40. The minimum absolute atomic E-state index is 0.0796. The van der Waals surface area contributed by atoms with Crippen molar-refractivity contribution >= 4 is 12.0 Å². The van der Waals surface area contributed by atoms with Gasteiger partial charge in [0.15, 0.2) is 6.29 Å². The van der Waals surface area contributed by atoms with Crippen LogP contribution in [-0.2, 0) is 6.54 Å². The molecule has 4 heteroatoms. The fourth-order valence-electron chi connectivity index (χ4n) is 1.79. The number of rotatable bonds is 4. The summed E-state index contributed by atoms with van der Waals surface area (Å²) in [5.74, 6) is -0.504. The van der Waals surface area contributed by atoms with Gasteiger partial charge in [-0.1, -0.05) is 12.1 Å². The molecule has 1 aromatic heterocycles. The Bertz CT molecular complexity index is 543. The van der Waals surface area contributed by atoms with Crippen LogP contribution in [0.3, 0.4) is 0 Å². The van der Waals surface area contributed by atoms with Crippen LogP contribution in [0.5, 0.6) is 0 Å². The molecule has 0 saturated heterocycles. The minimum atomic E-state index is -0.504. The van der Waals surface area contributed by atoms with E-state index in [-0.39, 0.29) is 5.56 Å². The van der Waals surface area contributed by atoms with Gasteiger partial charge in [-0.15, -0.1) is 0 Å². The van der Waals surface area contributed by atoms with Crippen molar-refractivity contribution in [3.8, 4) is 0 Å². The lowest BCUT2D eigenvalue weighted by Crippen LogP contribution is -2.19. The van der Waals surface area contributed by atoms with Gasteiger partial charge in [0.1, 0.15) is 5.82 Å². The van der Waals surface area contributed by atoms with E-state index in [9.17, 15) is 9.18 Å². The molecule has 1 heterocycles. The van der Waals surface area contributed by atoms with Gasteiger partial charge in [0.05, 0.1) is 23.5 Å². The van der Waals surface area contributed by atoms with Gasteiger partial charge in [0, 0.05) is 13.2 Å². The first-order chi connectivity index (χ1) is 8.72. The highest BCUT2D eigenvalue weighted by Crippen LogP contribution is 2.21. The topological polar surface area (TPSA) is 33.2 Å². The second-order valence-corrected chi connectivity index (χ2v) is 3.97. The lowest BCUT2D eigenvalue weighted by atomic mass is 10.1. The number of anilines is 1. The van der Waals surface area contributed by atoms with E-state index in [1.54, 1.807) is 30.3 Å². The van der Waals surface area contributed by atoms with Crippen LogP contribution in [0.1, 0.15) is 16.1 Å².